The van der Waals surface area contributed by atoms with Crippen LogP contribution in [0, 0.1) is 17.6 Å². The van der Waals surface area contributed by atoms with Gasteiger partial charge in [-0.05, 0) is 24.5 Å². The Hall–Kier alpha value is -3.41. The minimum Gasteiger partial charge on any atom is -0.378 e. The highest BCUT2D eigenvalue weighted by atomic mass is 19.4. The summed E-state index contributed by atoms with van der Waals surface area (Å²) in [5, 5.41) is 2.40. The summed E-state index contributed by atoms with van der Waals surface area (Å²) in [5.41, 5.74) is 1.70. The van der Waals surface area contributed by atoms with Gasteiger partial charge in [0.15, 0.2) is 5.65 Å². The third kappa shape index (κ3) is 5.08. The first kappa shape index (κ1) is 24.3. The summed E-state index contributed by atoms with van der Waals surface area (Å²) in [5.74, 6) is -2.50. The molecule has 2 aliphatic rings. The number of fused-ring (bicyclic) bond motifs is 1. The van der Waals surface area contributed by atoms with Gasteiger partial charge in [-0.15, -0.1) is 0 Å². The molecule has 5 rings (SSSR count). The van der Waals surface area contributed by atoms with Gasteiger partial charge in [0, 0.05) is 68.4 Å². The first-order valence-electron chi connectivity index (χ1n) is 11.6. The quantitative estimate of drug-likeness (QED) is 0.507. The number of ether oxygens (including phenoxy) is 1. The number of halogens is 5. The lowest BCUT2D eigenvalue weighted by Gasteiger charge is -2.29. The Kier molecular flexibility index (Phi) is 6.45. The first-order chi connectivity index (χ1) is 17.2. The summed E-state index contributed by atoms with van der Waals surface area (Å²) in [6.07, 6.45) is -0.0786. The van der Waals surface area contributed by atoms with Crippen molar-refractivity contribution in [1.82, 2.24) is 14.3 Å². The Morgan fingerprint density at radius 2 is 1.89 bits per heavy atom. The molecular formula is C24H24F5N5O2. The van der Waals surface area contributed by atoms with E-state index in [-0.39, 0.29) is 30.8 Å². The number of benzene rings is 1. The molecule has 7 nitrogen and oxygen atoms in total. The number of rotatable bonds is 4. The van der Waals surface area contributed by atoms with E-state index in [4.69, 9.17) is 4.74 Å². The number of imidazole rings is 1. The second-order valence-corrected chi connectivity index (χ2v) is 9.03. The second kappa shape index (κ2) is 9.57. The zero-order valence-corrected chi connectivity index (χ0v) is 19.2. The average molecular weight is 509 g/mol. The van der Waals surface area contributed by atoms with Crippen LogP contribution in [0.2, 0.25) is 0 Å². The number of hydrogen-bond acceptors (Lipinski definition) is 4. The van der Waals surface area contributed by atoms with Gasteiger partial charge in [0.05, 0.1) is 24.6 Å². The summed E-state index contributed by atoms with van der Waals surface area (Å²) in [4.78, 5) is 20.3. The number of aromatic nitrogens is 2. The van der Waals surface area contributed by atoms with Crippen molar-refractivity contribution in [3.8, 4) is 11.1 Å². The van der Waals surface area contributed by atoms with Crippen molar-refractivity contribution in [3.63, 3.8) is 0 Å². The Labute approximate surface area is 203 Å². The van der Waals surface area contributed by atoms with Gasteiger partial charge >= 0.3 is 12.2 Å². The molecular weight excluding hydrogens is 485 g/mol. The normalized spacial score (nSPS) is 18.8. The largest absolute Gasteiger partial charge is 0.389 e. The predicted molar refractivity (Wildman–Crippen MR) is 123 cm³/mol. The van der Waals surface area contributed by atoms with Gasteiger partial charge in [-0.25, -0.2) is 18.6 Å². The summed E-state index contributed by atoms with van der Waals surface area (Å²) < 4.78 is 74.8. The maximum Gasteiger partial charge on any atom is 0.389 e. The molecule has 12 heteroatoms. The van der Waals surface area contributed by atoms with Crippen molar-refractivity contribution in [1.29, 1.82) is 0 Å². The molecule has 0 spiro atoms. The highest BCUT2D eigenvalue weighted by Gasteiger charge is 2.36. The average Bonchev–Trinajstić information content (AvgIpc) is 3.49. The minimum atomic E-state index is -4.31. The van der Waals surface area contributed by atoms with Gasteiger partial charge in [-0.2, -0.15) is 13.2 Å². The van der Waals surface area contributed by atoms with Crippen molar-refractivity contribution >= 4 is 23.1 Å². The minimum absolute atomic E-state index is 0.0631. The van der Waals surface area contributed by atoms with Crippen molar-refractivity contribution in [3.05, 3.63) is 48.4 Å². The van der Waals surface area contributed by atoms with Crippen LogP contribution >= 0.6 is 0 Å². The van der Waals surface area contributed by atoms with Gasteiger partial charge in [0.25, 0.3) is 0 Å². The topological polar surface area (TPSA) is 62.1 Å². The highest BCUT2D eigenvalue weighted by molar-refractivity contribution is 5.91. The lowest BCUT2D eigenvalue weighted by molar-refractivity contribution is -0.143. The van der Waals surface area contributed by atoms with Crippen molar-refractivity contribution in [2.24, 2.45) is 5.92 Å². The van der Waals surface area contributed by atoms with Crippen LogP contribution in [0.5, 0.6) is 0 Å². The number of amides is 2. The number of nitrogens with zero attached hydrogens (tertiary/aromatic N) is 4. The number of anilines is 2. The molecule has 2 aromatic heterocycles. The van der Waals surface area contributed by atoms with Gasteiger partial charge in [0.1, 0.15) is 11.6 Å². The molecule has 1 N–H and O–H groups in total. The number of hydrogen-bond donors (Lipinski definition) is 1. The fourth-order valence-corrected chi connectivity index (χ4v) is 4.77. The molecule has 0 aliphatic carbocycles. The second-order valence-electron chi connectivity index (χ2n) is 9.03. The van der Waals surface area contributed by atoms with E-state index in [9.17, 15) is 26.7 Å². The summed E-state index contributed by atoms with van der Waals surface area (Å²) >= 11 is 0. The molecule has 2 fully saturated rings. The lowest BCUT2D eigenvalue weighted by Crippen LogP contribution is -2.36. The zero-order chi connectivity index (χ0) is 25.4. The molecule has 0 unspecified atom stereocenters. The van der Waals surface area contributed by atoms with E-state index < -0.39 is 36.2 Å². The number of pyridine rings is 1. The number of nitrogens with one attached hydrogen (secondary N) is 1. The van der Waals surface area contributed by atoms with Crippen LogP contribution in [0.15, 0.2) is 36.8 Å². The zero-order valence-electron chi connectivity index (χ0n) is 19.2. The van der Waals surface area contributed by atoms with Crippen LogP contribution in [0.3, 0.4) is 0 Å². The molecule has 192 valence electrons. The monoisotopic (exact) mass is 509 g/mol. The smallest absolute Gasteiger partial charge is 0.378 e. The van der Waals surface area contributed by atoms with E-state index in [0.29, 0.717) is 43.6 Å². The van der Waals surface area contributed by atoms with Crippen molar-refractivity contribution in [2.75, 3.05) is 49.6 Å². The molecule has 3 aromatic rings. The molecule has 2 amide bonds. The molecule has 36 heavy (non-hydrogen) atoms. The fourth-order valence-electron chi connectivity index (χ4n) is 4.77. The SMILES string of the molecule is O=C(Nc1cc(-c2cc(N3CCOCC3)c3nccn3c2)c(F)cc1F)N1CC[C@@H](CC(F)(F)F)C1. The van der Waals surface area contributed by atoms with Gasteiger partial charge in [-0.3, -0.25) is 0 Å². The summed E-state index contributed by atoms with van der Waals surface area (Å²) in [7, 11) is 0. The molecule has 0 bridgehead atoms. The molecule has 1 atom stereocenters. The molecule has 0 saturated carbocycles. The third-order valence-electron chi connectivity index (χ3n) is 6.52. The molecule has 2 aliphatic heterocycles. The van der Waals surface area contributed by atoms with Gasteiger partial charge in [0.2, 0.25) is 0 Å². The van der Waals surface area contributed by atoms with Crippen LogP contribution in [0.1, 0.15) is 12.8 Å². The maximum absolute atomic E-state index is 14.9. The van der Waals surface area contributed by atoms with E-state index in [2.05, 4.69) is 15.2 Å². The van der Waals surface area contributed by atoms with E-state index in [1.54, 1.807) is 29.1 Å². The first-order valence-corrected chi connectivity index (χ1v) is 11.6. The standard InChI is InChI=1S/C24H24F5N5O2/c25-18-11-19(26)20(31-23(35)34-3-1-15(13-34)12-24(27,28)29)10-17(18)16-9-21(32-5-7-36-8-6-32)22-30-2-4-33(22)14-16/h2,4,9-11,14-15H,1,3,5-8,12-13H2,(H,31,35)/t15-/m0/s1. The lowest BCUT2D eigenvalue weighted by atomic mass is 10.0. The van der Waals surface area contributed by atoms with Crippen LogP contribution in [0.25, 0.3) is 16.8 Å². The number of carbonyl (C=O) groups excluding carboxylic acids is 1. The number of urea groups is 1. The number of likely N-dealkylation sites (tertiary alicyclic amines) is 1. The van der Waals surface area contributed by atoms with Crippen molar-refractivity contribution in [2.45, 2.75) is 19.0 Å². The number of alkyl halides is 3. The Balaban J connectivity index is 1.41. The third-order valence-corrected chi connectivity index (χ3v) is 6.52. The van der Waals surface area contributed by atoms with E-state index in [1.807, 2.05) is 0 Å². The summed E-state index contributed by atoms with van der Waals surface area (Å²) in [6, 6.07) is 2.92. The molecule has 0 radical (unpaired) electrons. The van der Waals surface area contributed by atoms with E-state index in [0.717, 1.165) is 5.69 Å². The Morgan fingerprint density at radius 3 is 2.64 bits per heavy atom. The van der Waals surface area contributed by atoms with E-state index in [1.165, 1.54) is 11.0 Å². The highest BCUT2D eigenvalue weighted by Crippen LogP contribution is 2.34. The van der Waals surface area contributed by atoms with Crippen LogP contribution < -0.4 is 10.2 Å². The number of morpholine rings is 1. The predicted octanol–water partition coefficient (Wildman–Crippen LogP) is 4.92. The Morgan fingerprint density at radius 1 is 1.11 bits per heavy atom. The Bertz CT molecular complexity index is 1270. The van der Waals surface area contributed by atoms with Crippen molar-refractivity contribution < 1.29 is 31.5 Å². The molecule has 4 heterocycles. The van der Waals surface area contributed by atoms with Gasteiger partial charge < -0.3 is 24.3 Å². The van der Waals surface area contributed by atoms with Gasteiger partial charge in [-0.1, -0.05) is 0 Å². The fraction of sp³-hybridized carbons (Fsp3) is 0.417. The van der Waals surface area contributed by atoms with Crippen LogP contribution in [0.4, 0.5) is 38.1 Å². The number of carbonyl (C=O) groups is 1. The van der Waals surface area contributed by atoms with Crippen LogP contribution in [-0.4, -0.2) is 65.9 Å². The summed E-state index contributed by atoms with van der Waals surface area (Å²) in [6.45, 7) is 2.38. The van der Waals surface area contributed by atoms with Crippen LogP contribution in [-0.2, 0) is 4.74 Å². The molecule has 2 saturated heterocycles. The maximum atomic E-state index is 14.9. The van der Waals surface area contributed by atoms with E-state index >= 15 is 0 Å². The molecule has 1 aromatic carbocycles.